The van der Waals surface area contributed by atoms with E-state index < -0.39 is 6.10 Å². The van der Waals surface area contributed by atoms with Gasteiger partial charge in [-0.15, -0.1) is 10.2 Å². The molecule has 3 aromatic carbocycles. The second-order valence-corrected chi connectivity index (χ2v) is 8.71. The molecule has 1 aromatic heterocycles. The SMILES string of the molecule is CCc1ccccc1NC(=O)CSc1nnc(C(C)Oc2ccccc2OC)n1-c1ccccc1. The summed E-state index contributed by atoms with van der Waals surface area (Å²) in [6, 6.07) is 25.1. The molecule has 0 saturated carbocycles. The minimum Gasteiger partial charge on any atom is -0.493 e. The normalized spacial score (nSPS) is 11.6. The minimum atomic E-state index is -0.418. The van der Waals surface area contributed by atoms with Crippen molar-refractivity contribution in [2.45, 2.75) is 31.5 Å². The van der Waals surface area contributed by atoms with Crippen LogP contribution in [0.5, 0.6) is 11.5 Å². The second kappa shape index (κ2) is 11.6. The number of anilines is 1. The molecule has 35 heavy (non-hydrogen) atoms. The van der Waals surface area contributed by atoms with Crippen molar-refractivity contribution in [3.05, 3.63) is 90.3 Å². The van der Waals surface area contributed by atoms with Gasteiger partial charge in [-0.1, -0.05) is 67.2 Å². The lowest BCUT2D eigenvalue weighted by Crippen LogP contribution is -2.16. The largest absolute Gasteiger partial charge is 0.493 e. The Labute approximate surface area is 209 Å². The van der Waals surface area contributed by atoms with Crippen LogP contribution >= 0.6 is 11.8 Å². The van der Waals surface area contributed by atoms with Crippen LogP contribution in [0.3, 0.4) is 0 Å². The number of aryl methyl sites for hydroxylation is 1. The van der Waals surface area contributed by atoms with E-state index in [2.05, 4.69) is 22.4 Å². The van der Waals surface area contributed by atoms with E-state index in [0.717, 1.165) is 23.4 Å². The minimum absolute atomic E-state index is 0.0987. The van der Waals surface area contributed by atoms with Crippen LogP contribution in [0.1, 0.15) is 31.3 Å². The Kier molecular flexibility index (Phi) is 8.05. The maximum absolute atomic E-state index is 12.7. The highest BCUT2D eigenvalue weighted by molar-refractivity contribution is 7.99. The molecule has 8 heteroatoms. The number of nitrogens with zero attached hydrogens (tertiary/aromatic N) is 3. The standard InChI is InChI=1S/C27H28N4O3S/c1-4-20-12-8-9-15-22(20)28-25(32)18-35-27-30-29-26(31(27)21-13-6-5-7-14-21)19(2)34-24-17-11-10-16-23(24)33-3/h5-17,19H,4,18H2,1-3H3,(H,28,32). The van der Waals surface area contributed by atoms with Crippen molar-refractivity contribution < 1.29 is 14.3 Å². The van der Waals surface area contributed by atoms with Gasteiger partial charge in [-0.25, -0.2) is 0 Å². The van der Waals surface area contributed by atoms with Gasteiger partial charge in [0.05, 0.1) is 12.9 Å². The van der Waals surface area contributed by atoms with Crippen molar-refractivity contribution in [1.29, 1.82) is 0 Å². The zero-order chi connectivity index (χ0) is 24.6. The van der Waals surface area contributed by atoms with Crippen molar-refractivity contribution in [3.8, 4) is 17.2 Å². The number of carbonyl (C=O) groups is 1. The van der Waals surface area contributed by atoms with Crippen molar-refractivity contribution in [2.24, 2.45) is 0 Å². The van der Waals surface area contributed by atoms with Crippen LogP contribution in [0, 0.1) is 0 Å². The molecular formula is C27H28N4O3S. The molecule has 1 unspecified atom stereocenters. The number of rotatable bonds is 10. The molecule has 4 aromatic rings. The van der Waals surface area contributed by atoms with E-state index in [-0.39, 0.29) is 11.7 Å². The summed E-state index contributed by atoms with van der Waals surface area (Å²) in [5.74, 6) is 1.99. The monoisotopic (exact) mass is 488 g/mol. The second-order valence-electron chi connectivity index (χ2n) is 7.77. The Morgan fingerprint density at radius 2 is 1.66 bits per heavy atom. The number of hydrogen-bond acceptors (Lipinski definition) is 6. The maximum atomic E-state index is 12.7. The predicted octanol–water partition coefficient (Wildman–Crippen LogP) is 5.71. The number of carbonyl (C=O) groups excluding carboxylic acids is 1. The molecule has 7 nitrogen and oxygen atoms in total. The third-order valence-corrected chi connectivity index (χ3v) is 6.34. The van der Waals surface area contributed by atoms with Gasteiger partial charge in [0.25, 0.3) is 0 Å². The first-order valence-electron chi connectivity index (χ1n) is 11.4. The van der Waals surface area contributed by atoms with Crippen molar-refractivity contribution in [2.75, 3.05) is 18.2 Å². The van der Waals surface area contributed by atoms with Crippen molar-refractivity contribution >= 4 is 23.4 Å². The van der Waals surface area contributed by atoms with Crippen LogP contribution in [0.15, 0.2) is 84.0 Å². The molecule has 0 fully saturated rings. The van der Waals surface area contributed by atoms with Gasteiger partial charge in [-0.3, -0.25) is 9.36 Å². The first-order chi connectivity index (χ1) is 17.1. The summed E-state index contributed by atoms with van der Waals surface area (Å²) in [6.45, 7) is 3.98. The van der Waals surface area contributed by atoms with E-state index >= 15 is 0 Å². The Morgan fingerprint density at radius 1 is 0.971 bits per heavy atom. The summed E-state index contributed by atoms with van der Waals surface area (Å²) in [5.41, 5.74) is 2.83. The van der Waals surface area contributed by atoms with Gasteiger partial charge in [0.1, 0.15) is 0 Å². The summed E-state index contributed by atoms with van der Waals surface area (Å²) in [5, 5.41) is 12.4. The molecule has 0 radical (unpaired) electrons. The number of benzene rings is 3. The fraction of sp³-hybridized carbons (Fsp3) is 0.222. The molecule has 1 amide bonds. The number of aromatic nitrogens is 3. The first-order valence-corrected chi connectivity index (χ1v) is 12.4. The van der Waals surface area contributed by atoms with E-state index in [9.17, 15) is 4.79 Å². The van der Waals surface area contributed by atoms with E-state index in [1.54, 1.807) is 7.11 Å². The van der Waals surface area contributed by atoms with Crippen LogP contribution in [-0.4, -0.2) is 33.5 Å². The molecule has 1 atom stereocenters. The van der Waals surface area contributed by atoms with Gasteiger partial charge >= 0.3 is 0 Å². The van der Waals surface area contributed by atoms with Gasteiger partial charge in [0.2, 0.25) is 5.91 Å². The maximum Gasteiger partial charge on any atom is 0.234 e. The molecule has 0 spiro atoms. The van der Waals surface area contributed by atoms with Crippen LogP contribution in [0.4, 0.5) is 5.69 Å². The number of ether oxygens (including phenoxy) is 2. The van der Waals surface area contributed by atoms with E-state index in [4.69, 9.17) is 9.47 Å². The molecule has 0 aliphatic carbocycles. The highest BCUT2D eigenvalue weighted by Gasteiger charge is 2.22. The molecular weight excluding hydrogens is 460 g/mol. The Bertz CT molecular complexity index is 1280. The molecule has 0 saturated heterocycles. The molecule has 0 bridgehead atoms. The summed E-state index contributed by atoms with van der Waals surface area (Å²) < 4.78 is 13.5. The summed E-state index contributed by atoms with van der Waals surface area (Å²) >= 11 is 1.33. The van der Waals surface area contributed by atoms with Crippen molar-refractivity contribution in [3.63, 3.8) is 0 Å². The third-order valence-electron chi connectivity index (χ3n) is 5.41. The van der Waals surface area contributed by atoms with Gasteiger partial charge in [0.15, 0.2) is 28.6 Å². The number of hydrogen-bond donors (Lipinski definition) is 1. The molecule has 0 aliphatic rings. The van der Waals surface area contributed by atoms with Crippen LogP contribution in [0.25, 0.3) is 5.69 Å². The van der Waals surface area contributed by atoms with E-state index in [0.29, 0.717) is 22.5 Å². The number of para-hydroxylation sites is 4. The zero-order valence-corrected chi connectivity index (χ0v) is 20.8. The molecule has 180 valence electrons. The highest BCUT2D eigenvalue weighted by atomic mass is 32.2. The number of nitrogens with one attached hydrogen (secondary N) is 1. The van der Waals surface area contributed by atoms with Gasteiger partial charge in [-0.2, -0.15) is 0 Å². The van der Waals surface area contributed by atoms with E-state index in [1.807, 2.05) is 90.4 Å². The van der Waals surface area contributed by atoms with Crippen molar-refractivity contribution in [1.82, 2.24) is 14.8 Å². The van der Waals surface area contributed by atoms with Gasteiger partial charge in [0, 0.05) is 11.4 Å². The average Bonchev–Trinajstić information content (AvgIpc) is 3.33. The van der Waals surface area contributed by atoms with Gasteiger partial charge in [-0.05, 0) is 49.2 Å². The predicted molar refractivity (Wildman–Crippen MR) is 139 cm³/mol. The first kappa shape index (κ1) is 24.3. The fourth-order valence-electron chi connectivity index (χ4n) is 3.68. The van der Waals surface area contributed by atoms with Crippen LogP contribution in [-0.2, 0) is 11.2 Å². The van der Waals surface area contributed by atoms with Crippen LogP contribution < -0.4 is 14.8 Å². The summed E-state index contributed by atoms with van der Waals surface area (Å²) in [7, 11) is 1.61. The highest BCUT2D eigenvalue weighted by Crippen LogP contribution is 2.32. The summed E-state index contributed by atoms with van der Waals surface area (Å²) in [6.07, 6.45) is 0.429. The Morgan fingerprint density at radius 3 is 2.40 bits per heavy atom. The lowest BCUT2D eigenvalue weighted by molar-refractivity contribution is -0.113. The Balaban J connectivity index is 1.55. The zero-order valence-electron chi connectivity index (χ0n) is 20.0. The topological polar surface area (TPSA) is 78.3 Å². The van der Waals surface area contributed by atoms with E-state index in [1.165, 1.54) is 11.8 Å². The Hall–Kier alpha value is -3.78. The smallest absolute Gasteiger partial charge is 0.234 e. The number of amides is 1. The third kappa shape index (κ3) is 5.84. The molecule has 1 N–H and O–H groups in total. The lowest BCUT2D eigenvalue weighted by atomic mass is 10.1. The lowest BCUT2D eigenvalue weighted by Gasteiger charge is -2.18. The number of thioether (sulfide) groups is 1. The summed E-state index contributed by atoms with van der Waals surface area (Å²) in [4.78, 5) is 12.7. The molecule has 0 aliphatic heterocycles. The van der Waals surface area contributed by atoms with Gasteiger partial charge < -0.3 is 14.8 Å². The fourth-order valence-corrected chi connectivity index (χ4v) is 4.44. The molecule has 1 heterocycles. The number of methoxy groups -OCH3 is 1. The average molecular weight is 489 g/mol. The quantitative estimate of drug-likeness (QED) is 0.288. The molecule has 4 rings (SSSR count). The van der Waals surface area contributed by atoms with Crippen LogP contribution in [0.2, 0.25) is 0 Å².